The molecule has 1 aliphatic heterocycles. The number of aryl methyl sites for hydroxylation is 1. The molecule has 0 bridgehead atoms. The van der Waals surface area contributed by atoms with Crippen molar-refractivity contribution in [2.24, 2.45) is 0 Å². The van der Waals surface area contributed by atoms with Crippen molar-refractivity contribution in [2.75, 3.05) is 29.1 Å². The molecular formula is C16H19F2N7O. The normalized spacial score (nSPS) is 18.9. The van der Waals surface area contributed by atoms with Gasteiger partial charge < -0.3 is 15.5 Å². The summed E-state index contributed by atoms with van der Waals surface area (Å²) < 4.78 is 27.6. The average Bonchev–Trinajstić information content (AvgIpc) is 3.00. The molecular weight excluding hydrogens is 344 g/mol. The van der Waals surface area contributed by atoms with Crippen LogP contribution in [0.2, 0.25) is 0 Å². The fraction of sp³-hybridized carbons (Fsp3) is 0.500. The molecule has 0 spiro atoms. The Hall–Kier alpha value is -2.78. The summed E-state index contributed by atoms with van der Waals surface area (Å²) in [6, 6.07) is -0.238. The summed E-state index contributed by atoms with van der Waals surface area (Å²) in [6.45, 7) is 2.47. The Morgan fingerprint density at radius 3 is 2.88 bits per heavy atom. The second kappa shape index (κ2) is 5.89. The lowest BCUT2D eigenvalue weighted by molar-refractivity contribution is -0.115. The SMILES string of the molecule is Cc1nc(NCc2cnn(C3CC(F)(F)C3)c2)nc2c1NC(=O)CN2C. The first-order chi connectivity index (χ1) is 12.3. The molecule has 0 saturated heterocycles. The van der Waals surface area contributed by atoms with Crippen LogP contribution in [0.1, 0.15) is 30.1 Å². The molecule has 0 atom stereocenters. The standard InChI is InChI=1S/C16H19F2N7O/c1-9-13-14(24(2)8-12(26)22-13)23-15(21-9)19-5-10-6-20-25(7-10)11-3-16(17,18)4-11/h6-7,11H,3-5,8H2,1-2H3,(H,22,26)(H,19,21,23). The van der Waals surface area contributed by atoms with E-state index in [1.54, 1.807) is 35.9 Å². The number of likely N-dealkylation sites (N-methyl/N-ethyl adjacent to an activating group) is 1. The molecule has 4 rings (SSSR count). The van der Waals surface area contributed by atoms with Crippen molar-refractivity contribution in [1.82, 2.24) is 19.7 Å². The number of nitrogens with one attached hydrogen (secondary N) is 2. The van der Waals surface area contributed by atoms with Crippen molar-refractivity contribution in [3.8, 4) is 0 Å². The van der Waals surface area contributed by atoms with Crippen molar-refractivity contribution in [2.45, 2.75) is 38.3 Å². The molecule has 8 nitrogen and oxygen atoms in total. The highest BCUT2D eigenvalue weighted by Gasteiger charge is 2.46. The Morgan fingerprint density at radius 2 is 2.15 bits per heavy atom. The van der Waals surface area contributed by atoms with E-state index in [-0.39, 0.29) is 31.3 Å². The van der Waals surface area contributed by atoms with Crippen LogP contribution < -0.4 is 15.5 Å². The number of anilines is 3. The zero-order valence-corrected chi connectivity index (χ0v) is 14.5. The third kappa shape index (κ3) is 3.06. The van der Waals surface area contributed by atoms with E-state index in [2.05, 4.69) is 25.7 Å². The topological polar surface area (TPSA) is 88.0 Å². The third-order valence-corrected chi connectivity index (χ3v) is 4.63. The predicted molar refractivity (Wildman–Crippen MR) is 91.4 cm³/mol. The minimum atomic E-state index is -2.56. The van der Waals surface area contributed by atoms with Gasteiger partial charge in [-0.3, -0.25) is 9.48 Å². The molecule has 1 saturated carbocycles. The number of rotatable bonds is 4. The molecule has 138 valence electrons. The Kier molecular flexibility index (Phi) is 3.78. The fourth-order valence-corrected chi connectivity index (χ4v) is 3.19. The molecule has 0 unspecified atom stereocenters. The zero-order chi connectivity index (χ0) is 18.5. The van der Waals surface area contributed by atoms with Crippen molar-refractivity contribution in [1.29, 1.82) is 0 Å². The maximum absolute atomic E-state index is 13.0. The van der Waals surface area contributed by atoms with Gasteiger partial charge in [0.15, 0.2) is 5.82 Å². The van der Waals surface area contributed by atoms with Crippen molar-refractivity contribution in [3.63, 3.8) is 0 Å². The summed E-state index contributed by atoms with van der Waals surface area (Å²) in [6.07, 6.45) is 3.10. The average molecular weight is 363 g/mol. The Balaban J connectivity index is 1.44. The monoisotopic (exact) mass is 363 g/mol. The van der Waals surface area contributed by atoms with Gasteiger partial charge in [-0.15, -0.1) is 0 Å². The smallest absolute Gasteiger partial charge is 0.252 e. The molecule has 2 N–H and O–H groups in total. The number of carbonyl (C=O) groups excluding carboxylic acids is 1. The number of alkyl halides is 2. The summed E-state index contributed by atoms with van der Waals surface area (Å²) in [7, 11) is 1.80. The molecule has 1 amide bonds. The first-order valence-corrected chi connectivity index (χ1v) is 8.35. The van der Waals surface area contributed by atoms with Crippen LogP contribution in [0, 0.1) is 6.92 Å². The second-order valence-corrected chi connectivity index (χ2v) is 6.84. The number of aromatic nitrogens is 4. The zero-order valence-electron chi connectivity index (χ0n) is 14.5. The highest BCUT2D eigenvalue weighted by Crippen LogP contribution is 2.45. The predicted octanol–water partition coefficient (Wildman–Crippen LogP) is 1.95. The second-order valence-electron chi connectivity index (χ2n) is 6.84. The van der Waals surface area contributed by atoms with Crippen LogP contribution in [0.3, 0.4) is 0 Å². The number of hydrogen-bond donors (Lipinski definition) is 2. The maximum atomic E-state index is 13.0. The van der Waals surface area contributed by atoms with Gasteiger partial charge in [0.1, 0.15) is 5.69 Å². The van der Waals surface area contributed by atoms with E-state index in [0.29, 0.717) is 29.7 Å². The summed E-state index contributed by atoms with van der Waals surface area (Å²) in [4.78, 5) is 22.2. The Morgan fingerprint density at radius 1 is 1.38 bits per heavy atom. The van der Waals surface area contributed by atoms with Gasteiger partial charge in [0.2, 0.25) is 11.9 Å². The van der Waals surface area contributed by atoms with E-state index in [0.717, 1.165) is 5.56 Å². The van der Waals surface area contributed by atoms with Gasteiger partial charge in [-0.25, -0.2) is 13.8 Å². The van der Waals surface area contributed by atoms with Crippen LogP contribution in [-0.2, 0) is 11.3 Å². The van der Waals surface area contributed by atoms with E-state index in [9.17, 15) is 13.6 Å². The highest BCUT2D eigenvalue weighted by atomic mass is 19.3. The molecule has 1 aliphatic carbocycles. The molecule has 0 radical (unpaired) electrons. The van der Waals surface area contributed by atoms with Gasteiger partial charge in [-0.2, -0.15) is 10.1 Å². The van der Waals surface area contributed by atoms with Gasteiger partial charge in [0.25, 0.3) is 5.92 Å². The maximum Gasteiger partial charge on any atom is 0.252 e. The number of halogens is 2. The Bertz CT molecular complexity index is 858. The van der Waals surface area contributed by atoms with Crippen LogP contribution in [0.5, 0.6) is 0 Å². The first kappa shape index (κ1) is 16.7. The first-order valence-electron chi connectivity index (χ1n) is 8.35. The molecule has 2 aromatic heterocycles. The van der Waals surface area contributed by atoms with Crippen molar-refractivity contribution in [3.05, 3.63) is 23.7 Å². The van der Waals surface area contributed by atoms with E-state index in [1.165, 1.54) is 0 Å². The molecule has 0 aromatic carbocycles. The summed E-state index contributed by atoms with van der Waals surface area (Å²) in [5, 5.41) is 10.1. The lowest BCUT2D eigenvalue weighted by Crippen LogP contribution is -2.37. The largest absolute Gasteiger partial charge is 0.350 e. The van der Waals surface area contributed by atoms with Gasteiger partial charge >= 0.3 is 0 Å². The molecule has 2 aliphatic rings. The van der Waals surface area contributed by atoms with Crippen LogP contribution >= 0.6 is 0 Å². The van der Waals surface area contributed by atoms with Gasteiger partial charge in [0, 0.05) is 38.2 Å². The lowest BCUT2D eigenvalue weighted by Gasteiger charge is -2.34. The highest BCUT2D eigenvalue weighted by molar-refractivity contribution is 6.00. The molecule has 3 heterocycles. The quantitative estimate of drug-likeness (QED) is 0.863. The van der Waals surface area contributed by atoms with E-state index >= 15 is 0 Å². The molecule has 10 heteroatoms. The van der Waals surface area contributed by atoms with E-state index in [4.69, 9.17) is 0 Å². The van der Waals surface area contributed by atoms with Crippen molar-refractivity contribution >= 4 is 23.4 Å². The molecule has 26 heavy (non-hydrogen) atoms. The summed E-state index contributed by atoms with van der Waals surface area (Å²) in [5.41, 5.74) is 2.15. The Labute approximate surface area is 148 Å². The number of amides is 1. The minimum absolute atomic E-state index is 0.0959. The number of nitrogens with zero attached hydrogens (tertiary/aromatic N) is 5. The minimum Gasteiger partial charge on any atom is -0.350 e. The van der Waals surface area contributed by atoms with Crippen LogP contribution in [0.15, 0.2) is 12.4 Å². The summed E-state index contributed by atoms with van der Waals surface area (Å²) in [5.74, 6) is -1.56. The number of carbonyl (C=O) groups is 1. The van der Waals surface area contributed by atoms with Crippen LogP contribution in [-0.4, -0.2) is 45.2 Å². The molecule has 2 aromatic rings. The molecule has 1 fully saturated rings. The van der Waals surface area contributed by atoms with Crippen LogP contribution in [0.4, 0.5) is 26.2 Å². The van der Waals surface area contributed by atoms with E-state index in [1.807, 2.05) is 0 Å². The summed E-state index contributed by atoms with van der Waals surface area (Å²) >= 11 is 0. The number of hydrogen-bond acceptors (Lipinski definition) is 6. The van der Waals surface area contributed by atoms with Gasteiger partial charge in [-0.1, -0.05) is 0 Å². The van der Waals surface area contributed by atoms with Gasteiger partial charge in [-0.05, 0) is 6.92 Å². The van der Waals surface area contributed by atoms with Crippen molar-refractivity contribution < 1.29 is 13.6 Å². The van der Waals surface area contributed by atoms with Crippen LogP contribution in [0.25, 0.3) is 0 Å². The lowest BCUT2D eigenvalue weighted by atomic mass is 9.88. The number of fused-ring (bicyclic) bond motifs is 1. The fourth-order valence-electron chi connectivity index (χ4n) is 3.19. The van der Waals surface area contributed by atoms with Gasteiger partial charge in [0.05, 0.1) is 24.5 Å². The third-order valence-electron chi connectivity index (χ3n) is 4.63. The van der Waals surface area contributed by atoms with E-state index < -0.39 is 5.92 Å².